The van der Waals surface area contributed by atoms with E-state index < -0.39 is 84.1 Å². The monoisotopic (exact) mass is 948 g/mol. The van der Waals surface area contributed by atoms with Crippen LogP contribution in [0.4, 0.5) is 0 Å². The number of nitrogens with two attached hydrogens (primary N) is 2. The number of unbranched alkanes of at least 4 members (excludes halogenated alkanes) is 11. The molecule has 2 aromatic rings. The highest BCUT2D eigenvalue weighted by atomic mass is 16.4. The van der Waals surface area contributed by atoms with Crippen LogP contribution in [0.5, 0.6) is 0 Å². The number of hydrogen-bond donors (Lipinski definition) is 9. The molecule has 11 N–H and O–H groups in total. The molecular formula is C51H77N7O10. The van der Waals surface area contributed by atoms with Crippen LogP contribution in [0.3, 0.4) is 0 Å². The summed E-state index contributed by atoms with van der Waals surface area (Å²) in [5.41, 5.74) is 12.5. The summed E-state index contributed by atoms with van der Waals surface area (Å²) >= 11 is 0. The summed E-state index contributed by atoms with van der Waals surface area (Å²) < 4.78 is 0. The Bertz CT molecular complexity index is 1880. The van der Waals surface area contributed by atoms with E-state index in [2.05, 4.69) is 26.6 Å². The third kappa shape index (κ3) is 23.3. The zero-order valence-corrected chi connectivity index (χ0v) is 39.9. The van der Waals surface area contributed by atoms with Crippen molar-refractivity contribution in [1.82, 2.24) is 26.6 Å². The molecule has 1 aliphatic carbocycles. The van der Waals surface area contributed by atoms with Gasteiger partial charge in [0.05, 0.1) is 12.5 Å². The number of aliphatic hydroxyl groups excluding tert-OH is 1. The second-order valence-electron chi connectivity index (χ2n) is 18.4. The third-order valence-electron chi connectivity index (χ3n) is 12.5. The average Bonchev–Trinajstić information content (AvgIpc) is 3.30. The maximum absolute atomic E-state index is 13.6. The summed E-state index contributed by atoms with van der Waals surface area (Å²) in [5.74, 6) is -5.31. The van der Waals surface area contributed by atoms with Gasteiger partial charge in [-0.25, -0.2) is 4.79 Å². The Morgan fingerprint density at radius 1 is 0.544 bits per heavy atom. The van der Waals surface area contributed by atoms with E-state index in [0.717, 1.165) is 102 Å². The number of amides is 7. The molecule has 0 radical (unpaired) electrons. The number of aliphatic carboxylic acids is 1. The van der Waals surface area contributed by atoms with Gasteiger partial charge in [0.25, 0.3) is 0 Å². The fraction of sp³-hybridized carbons (Fsp3) is 0.608. The molecule has 0 saturated heterocycles. The van der Waals surface area contributed by atoms with Crippen molar-refractivity contribution >= 4 is 47.3 Å². The first-order valence-corrected chi connectivity index (χ1v) is 24.7. The van der Waals surface area contributed by atoms with Crippen molar-refractivity contribution in [1.29, 1.82) is 0 Å². The van der Waals surface area contributed by atoms with E-state index in [4.69, 9.17) is 11.5 Å². The lowest BCUT2D eigenvalue weighted by atomic mass is 9.84. The number of benzene rings is 2. The summed E-state index contributed by atoms with van der Waals surface area (Å²) in [5, 5.41) is 33.3. The first kappa shape index (κ1) is 56.5. The third-order valence-corrected chi connectivity index (χ3v) is 12.5. The standard InChI is InChI=1S/C51H77N7O10/c1-35(59)46(50(66)56-40(32-37-25-17-13-18-26-37)48(64)55-39(47(53)63)31-36-23-15-12-16-24-36)58-45(62)30-22-11-9-7-5-3-2-4-6-8-10-21-29-44(61)54-41(34-43(52)60)49(65)57-42(51(67)68)33-38-27-19-14-20-28-38/h12,14-16,19-20,23-24,27-28,35,37,39-42,46,59H,2-11,13,17-18,21-22,25-26,29-34H2,1H3,(H2,52,60)(H2,53,63)(H,54,61)(H,55,64)(H,56,66)(H,57,65)(H,58,62)(H,67,68)/t35-,39+,40+,41+,42+,46+/m1/s1. The molecule has 0 bridgehead atoms. The lowest BCUT2D eigenvalue weighted by Crippen LogP contribution is -2.59. The lowest BCUT2D eigenvalue weighted by molar-refractivity contribution is -0.142. The van der Waals surface area contributed by atoms with E-state index in [1.807, 2.05) is 30.3 Å². The van der Waals surface area contributed by atoms with Crippen molar-refractivity contribution in [3.8, 4) is 0 Å². The van der Waals surface area contributed by atoms with Gasteiger partial charge in [-0.2, -0.15) is 0 Å². The van der Waals surface area contributed by atoms with Crippen LogP contribution < -0.4 is 38.1 Å². The molecule has 1 saturated carbocycles. The Labute approximate surface area is 401 Å². The molecule has 0 heterocycles. The van der Waals surface area contributed by atoms with Crippen molar-refractivity contribution in [2.45, 2.75) is 191 Å². The molecule has 3 rings (SSSR count). The zero-order chi connectivity index (χ0) is 49.7. The minimum Gasteiger partial charge on any atom is -0.480 e. The molecule has 6 atom stereocenters. The summed E-state index contributed by atoms with van der Waals surface area (Å²) in [4.78, 5) is 101. The number of nitrogens with one attached hydrogen (secondary N) is 5. The van der Waals surface area contributed by atoms with Crippen LogP contribution in [0, 0.1) is 5.92 Å². The number of carboxylic acids is 1. The summed E-state index contributed by atoms with van der Waals surface area (Å²) in [7, 11) is 0. The van der Waals surface area contributed by atoms with Gasteiger partial charge in [-0.1, -0.05) is 157 Å². The van der Waals surface area contributed by atoms with E-state index >= 15 is 0 Å². The van der Waals surface area contributed by atoms with Gasteiger partial charge in [-0.05, 0) is 43.2 Å². The van der Waals surface area contributed by atoms with Gasteiger partial charge in [0.2, 0.25) is 41.4 Å². The second-order valence-corrected chi connectivity index (χ2v) is 18.4. The Balaban J connectivity index is 1.29. The van der Waals surface area contributed by atoms with Crippen LogP contribution in [0.1, 0.15) is 153 Å². The predicted molar refractivity (Wildman–Crippen MR) is 258 cm³/mol. The Kier molecular flexibility index (Phi) is 26.6. The fourth-order valence-electron chi connectivity index (χ4n) is 8.58. The van der Waals surface area contributed by atoms with Crippen molar-refractivity contribution < 1.29 is 48.6 Å². The second kappa shape index (κ2) is 32.0. The van der Waals surface area contributed by atoms with Gasteiger partial charge in [-0.15, -0.1) is 0 Å². The SMILES string of the molecule is C[C@@H](O)[C@H](NC(=O)CCCCCCCCCCCCCCC(=O)N[C@@H](CC(N)=O)C(=O)N[C@@H](Cc1ccccc1)C(=O)O)C(=O)N[C@@H](CC1CCCCC1)C(=O)N[C@@H](Cc1ccccc1)C(N)=O. The zero-order valence-electron chi connectivity index (χ0n) is 39.9. The topological polar surface area (TPSA) is 289 Å². The Morgan fingerprint density at radius 3 is 1.43 bits per heavy atom. The molecule has 0 aromatic heterocycles. The van der Waals surface area contributed by atoms with Crippen LogP contribution in [0.2, 0.25) is 0 Å². The number of carbonyl (C=O) groups excluding carboxylic acids is 7. The molecule has 17 heteroatoms. The summed E-state index contributed by atoms with van der Waals surface area (Å²) in [6.45, 7) is 1.41. The van der Waals surface area contributed by atoms with Crippen LogP contribution in [-0.2, 0) is 51.2 Å². The quantitative estimate of drug-likeness (QED) is 0.0452. The van der Waals surface area contributed by atoms with E-state index in [9.17, 15) is 48.6 Å². The summed E-state index contributed by atoms with van der Waals surface area (Å²) in [6.07, 6.45) is 15.4. The van der Waals surface area contributed by atoms with Gasteiger partial charge in [0, 0.05) is 25.7 Å². The smallest absolute Gasteiger partial charge is 0.326 e. The molecule has 68 heavy (non-hydrogen) atoms. The van der Waals surface area contributed by atoms with E-state index in [0.29, 0.717) is 24.8 Å². The fourth-order valence-corrected chi connectivity index (χ4v) is 8.58. The Morgan fingerprint density at radius 2 is 0.971 bits per heavy atom. The van der Waals surface area contributed by atoms with Crippen molar-refractivity contribution in [2.24, 2.45) is 17.4 Å². The Hall–Kier alpha value is -5.84. The number of hydrogen-bond acceptors (Lipinski definition) is 9. The molecular weight excluding hydrogens is 871 g/mol. The molecule has 7 amide bonds. The maximum Gasteiger partial charge on any atom is 0.326 e. The van der Waals surface area contributed by atoms with Gasteiger partial charge in [0.15, 0.2) is 0 Å². The van der Waals surface area contributed by atoms with Gasteiger partial charge in [-0.3, -0.25) is 33.6 Å². The van der Waals surface area contributed by atoms with Gasteiger partial charge >= 0.3 is 5.97 Å². The van der Waals surface area contributed by atoms with Crippen LogP contribution in [0.25, 0.3) is 0 Å². The molecule has 1 fully saturated rings. The number of carbonyl (C=O) groups is 8. The van der Waals surface area contributed by atoms with Crippen LogP contribution in [-0.4, -0.2) is 93.8 Å². The lowest BCUT2D eigenvalue weighted by Gasteiger charge is -2.29. The van der Waals surface area contributed by atoms with Gasteiger partial charge in [0.1, 0.15) is 30.2 Å². The molecule has 376 valence electrons. The number of aliphatic hydroxyl groups is 1. The molecule has 17 nitrogen and oxygen atoms in total. The average molecular weight is 948 g/mol. The molecule has 2 aromatic carbocycles. The number of rotatable bonds is 34. The summed E-state index contributed by atoms with van der Waals surface area (Å²) in [6, 6.07) is 12.2. The van der Waals surface area contributed by atoms with E-state index in [1.165, 1.54) is 6.92 Å². The van der Waals surface area contributed by atoms with E-state index in [1.54, 1.807) is 30.3 Å². The van der Waals surface area contributed by atoms with Crippen molar-refractivity contribution in [3.05, 3.63) is 71.8 Å². The maximum atomic E-state index is 13.6. The van der Waals surface area contributed by atoms with Crippen molar-refractivity contribution in [3.63, 3.8) is 0 Å². The predicted octanol–water partition coefficient (Wildman–Crippen LogP) is 4.15. The molecule has 0 aliphatic heterocycles. The first-order valence-electron chi connectivity index (χ1n) is 24.7. The minimum absolute atomic E-state index is 0.0355. The minimum atomic E-state index is -1.28. The largest absolute Gasteiger partial charge is 0.480 e. The highest BCUT2D eigenvalue weighted by molar-refractivity contribution is 5.95. The highest BCUT2D eigenvalue weighted by Gasteiger charge is 2.33. The first-order chi connectivity index (χ1) is 32.6. The highest BCUT2D eigenvalue weighted by Crippen LogP contribution is 2.27. The number of primary amides is 2. The van der Waals surface area contributed by atoms with Crippen LogP contribution in [0.15, 0.2) is 60.7 Å². The van der Waals surface area contributed by atoms with Crippen molar-refractivity contribution in [2.75, 3.05) is 0 Å². The molecule has 0 spiro atoms. The molecule has 0 unspecified atom stereocenters. The van der Waals surface area contributed by atoms with Crippen LogP contribution >= 0.6 is 0 Å². The molecule has 1 aliphatic rings. The van der Waals surface area contributed by atoms with E-state index in [-0.39, 0.29) is 37.5 Å². The normalized spacial score (nSPS) is 15.3. The van der Waals surface area contributed by atoms with Gasteiger partial charge < -0.3 is 48.3 Å². The number of carboxylic acid groups (broad SMARTS) is 1.